The van der Waals surface area contributed by atoms with Gasteiger partial charge in [-0.25, -0.2) is 4.79 Å². The second-order valence-corrected chi connectivity index (χ2v) is 5.82. The highest BCUT2D eigenvalue weighted by Gasteiger charge is 2.31. The number of para-hydroxylation sites is 1. The minimum atomic E-state index is -0.322. The van der Waals surface area contributed by atoms with Crippen molar-refractivity contribution in [1.29, 1.82) is 0 Å². The Morgan fingerprint density at radius 1 is 1.17 bits per heavy atom. The Labute approximate surface area is 136 Å². The van der Waals surface area contributed by atoms with E-state index in [4.69, 9.17) is 9.47 Å². The maximum atomic E-state index is 12.3. The van der Waals surface area contributed by atoms with Crippen LogP contribution in [-0.4, -0.2) is 25.3 Å². The van der Waals surface area contributed by atoms with Crippen LogP contribution in [0.25, 0.3) is 0 Å². The number of hydrogen-bond donors (Lipinski definition) is 0. The first kappa shape index (κ1) is 15.4. The summed E-state index contributed by atoms with van der Waals surface area (Å²) < 4.78 is 10.8. The fourth-order valence-corrected chi connectivity index (χ4v) is 3.15. The highest BCUT2D eigenvalue weighted by atomic mass is 16.6. The summed E-state index contributed by atoms with van der Waals surface area (Å²) in [6.45, 7) is 4.07. The number of esters is 1. The standard InChI is InChI=1S/C19H21NO3/c1-13-12-16-6-4-5-7-18(16)20(13)14(2)23-19(21)15-8-10-17(22-3)11-9-15/h4-11,13-14H,12H2,1-3H3. The molecular weight excluding hydrogens is 290 g/mol. The van der Waals surface area contributed by atoms with Gasteiger partial charge in [-0.2, -0.15) is 0 Å². The second-order valence-electron chi connectivity index (χ2n) is 5.82. The molecule has 3 rings (SSSR count). The molecule has 23 heavy (non-hydrogen) atoms. The number of carbonyl (C=O) groups is 1. The van der Waals surface area contributed by atoms with Gasteiger partial charge < -0.3 is 14.4 Å². The van der Waals surface area contributed by atoms with Crippen LogP contribution < -0.4 is 9.64 Å². The Kier molecular flexibility index (Phi) is 4.24. The van der Waals surface area contributed by atoms with Gasteiger partial charge in [-0.15, -0.1) is 0 Å². The zero-order chi connectivity index (χ0) is 16.4. The molecule has 0 saturated heterocycles. The van der Waals surface area contributed by atoms with Gasteiger partial charge in [0.15, 0.2) is 6.23 Å². The van der Waals surface area contributed by atoms with E-state index in [1.165, 1.54) is 5.56 Å². The molecule has 2 aromatic carbocycles. The van der Waals surface area contributed by atoms with Crippen LogP contribution in [0.1, 0.15) is 29.8 Å². The van der Waals surface area contributed by atoms with Crippen molar-refractivity contribution >= 4 is 11.7 Å². The summed E-state index contributed by atoms with van der Waals surface area (Å²) in [6.07, 6.45) is 0.656. The number of methoxy groups -OCH3 is 1. The monoisotopic (exact) mass is 311 g/mol. The van der Waals surface area contributed by atoms with Crippen molar-refractivity contribution in [3.8, 4) is 5.75 Å². The molecule has 2 atom stereocenters. The van der Waals surface area contributed by atoms with Crippen molar-refractivity contribution < 1.29 is 14.3 Å². The zero-order valence-corrected chi connectivity index (χ0v) is 13.7. The molecule has 120 valence electrons. The molecular formula is C19H21NO3. The molecule has 0 amide bonds. The normalized spacial score (nSPS) is 17.5. The molecule has 1 aliphatic rings. The Bertz CT molecular complexity index is 696. The topological polar surface area (TPSA) is 38.8 Å². The van der Waals surface area contributed by atoms with Crippen LogP contribution in [-0.2, 0) is 11.2 Å². The molecule has 1 heterocycles. The van der Waals surface area contributed by atoms with E-state index in [-0.39, 0.29) is 12.2 Å². The Morgan fingerprint density at radius 3 is 2.57 bits per heavy atom. The number of hydrogen-bond acceptors (Lipinski definition) is 4. The maximum Gasteiger partial charge on any atom is 0.340 e. The molecule has 4 heteroatoms. The average molecular weight is 311 g/mol. The first-order chi connectivity index (χ1) is 11.1. The number of benzene rings is 2. The van der Waals surface area contributed by atoms with Crippen LogP contribution in [0.5, 0.6) is 5.75 Å². The first-order valence-corrected chi connectivity index (χ1v) is 7.81. The van der Waals surface area contributed by atoms with E-state index in [0.29, 0.717) is 11.6 Å². The molecule has 0 bridgehead atoms. The van der Waals surface area contributed by atoms with E-state index < -0.39 is 0 Å². The summed E-state index contributed by atoms with van der Waals surface area (Å²) in [5.41, 5.74) is 2.97. The summed E-state index contributed by atoms with van der Waals surface area (Å²) in [6, 6.07) is 15.5. The van der Waals surface area contributed by atoms with Gasteiger partial charge in [0.1, 0.15) is 5.75 Å². The van der Waals surface area contributed by atoms with Crippen molar-refractivity contribution in [2.45, 2.75) is 32.5 Å². The van der Waals surface area contributed by atoms with Crippen molar-refractivity contribution in [2.75, 3.05) is 12.0 Å². The number of nitrogens with zero attached hydrogens (tertiary/aromatic N) is 1. The molecule has 0 spiro atoms. The number of carbonyl (C=O) groups excluding carboxylic acids is 1. The number of rotatable bonds is 4. The van der Waals surface area contributed by atoms with E-state index in [1.807, 2.05) is 19.1 Å². The SMILES string of the molecule is COc1ccc(C(=O)OC(C)N2c3ccccc3CC2C)cc1. The fourth-order valence-electron chi connectivity index (χ4n) is 3.15. The van der Waals surface area contributed by atoms with Crippen LogP contribution in [0.3, 0.4) is 0 Å². The molecule has 2 aromatic rings. The second kappa shape index (κ2) is 6.32. The van der Waals surface area contributed by atoms with Crippen molar-refractivity contribution in [1.82, 2.24) is 0 Å². The van der Waals surface area contributed by atoms with Gasteiger partial charge in [0, 0.05) is 11.7 Å². The minimum Gasteiger partial charge on any atom is -0.497 e. The minimum absolute atomic E-state index is 0.311. The smallest absolute Gasteiger partial charge is 0.340 e. The van der Waals surface area contributed by atoms with Gasteiger partial charge in [0.05, 0.1) is 12.7 Å². The van der Waals surface area contributed by atoms with E-state index in [0.717, 1.165) is 17.9 Å². The molecule has 2 unspecified atom stereocenters. The molecule has 0 N–H and O–H groups in total. The molecule has 0 aliphatic carbocycles. The van der Waals surface area contributed by atoms with Gasteiger partial charge in [-0.05, 0) is 56.2 Å². The summed E-state index contributed by atoms with van der Waals surface area (Å²) >= 11 is 0. The zero-order valence-electron chi connectivity index (χ0n) is 13.7. The quantitative estimate of drug-likeness (QED) is 0.808. The van der Waals surface area contributed by atoms with Crippen LogP contribution in [0.2, 0.25) is 0 Å². The third-order valence-corrected chi connectivity index (χ3v) is 4.26. The summed E-state index contributed by atoms with van der Waals surface area (Å²) in [4.78, 5) is 14.5. The van der Waals surface area contributed by atoms with Gasteiger partial charge in [-0.3, -0.25) is 0 Å². The molecule has 0 aromatic heterocycles. The lowest BCUT2D eigenvalue weighted by atomic mass is 10.1. The lowest BCUT2D eigenvalue weighted by molar-refractivity contribution is 0.0324. The maximum absolute atomic E-state index is 12.3. The number of anilines is 1. The molecule has 4 nitrogen and oxygen atoms in total. The number of ether oxygens (including phenoxy) is 2. The highest BCUT2D eigenvalue weighted by molar-refractivity contribution is 5.89. The Balaban J connectivity index is 1.73. The lowest BCUT2D eigenvalue weighted by Gasteiger charge is -2.31. The van der Waals surface area contributed by atoms with Crippen LogP contribution in [0.4, 0.5) is 5.69 Å². The third-order valence-electron chi connectivity index (χ3n) is 4.26. The average Bonchev–Trinajstić information content (AvgIpc) is 2.90. The largest absolute Gasteiger partial charge is 0.497 e. The van der Waals surface area contributed by atoms with Crippen LogP contribution in [0, 0.1) is 0 Å². The predicted octanol–water partition coefficient (Wildman–Crippen LogP) is 3.65. The van der Waals surface area contributed by atoms with Crippen LogP contribution in [0.15, 0.2) is 48.5 Å². The van der Waals surface area contributed by atoms with E-state index in [2.05, 4.69) is 24.0 Å². The van der Waals surface area contributed by atoms with Crippen molar-refractivity contribution in [3.63, 3.8) is 0 Å². The van der Waals surface area contributed by atoms with Gasteiger partial charge in [0.2, 0.25) is 0 Å². The summed E-state index contributed by atoms with van der Waals surface area (Å²) in [5.74, 6) is 0.397. The van der Waals surface area contributed by atoms with E-state index in [9.17, 15) is 4.79 Å². The highest BCUT2D eigenvalue weighted by Crippen LogP contribution is 2.33. The molecule has 0 fully saturated rings. The molecule has 1 aliphatic heterocycles. The van der Waals surface area contributed by atoms with Crippen LogP contribution >= 0.6 is 0 Å². The van der Waals surface area contributed by atoms with Gasteiger partial charge in [-0.1, -0.05) is 18.2 Å². The van der Waals surface area contributed by atoms with Gasteiger partial charge in [0.25, 0.3) is 0 Å². The number of fused-ring (bicyclic) bond motifs is 1. The van der Waals surface area contributed by atoms with Crippen molar-refractivity contribution in [2.24, 2.45) is 0 Å². The Hall–Kier alpha value is -2.49. The van der Waals surface area contributed by atoms with E-state index in [1.54, 1.807) is 31.4 Å². The first-order valence-electron chi connectivity index (χ1n) is 7.81. The lowest BCUT2D eigenvalue weighted by Crippen LogP contribution is -2.40. The molecule has 0 saturated carbocycles. The summed E-state index contributed by atoms with van der Waals surface area (Å²) in [7, 11) is 1.60. The molecule has 0 radical (unpaired) electrons. The fraction of sp³-hybridized carbons (Fsp3) is 0.316. The third kappa shape index (κ3) is 3.02. The Morgan fingerprint density at radius 2 is 1.87 bits per heavy atom. The van der Waals surface area contributed by atoms with E-state index >= 15 is 0 Å². The summed E-state index contributed by atoms with van der Waals surface area (Å²) in [5, 5.41) is 0. The van der Waals surface area contributed by atoms with Gasteiger partial charge >= 0.3 is 5.97 Å². The van der Waals surface area contributed by atoms with Crippen molar-refractivity contribution in [3.05, 3.63) is 59.7 Å². The predicted molar refractivity (Wildman–Crippen MR) is 90.0 cm³/mol.